The van der Waals surface area contributed by atoms with Gasteiger partial charge < -0.3 is 48.8 Å². The molecule has 0 radical (unpaired) electrons. The first-order chi connectivity index (χ1) is 23.9. The Balaban J connectivity index is 2.17. The number of rotatable bonds is 7. The molecule has 0 spiro atoms. The quantitative estimate of drug-likeness (QED) is 0.232. The molecule has 3 rings (SSSR count). The highest BCUT2D eigenvalue weighted by molar-refractivity contribution is 5.73. The number of carbonyl (C=O) groups is 1. The fourth-order valence-corrected chi connectivity index (χ4v) is 9.65. The van der Waals surface area contributed by atoms with Crippen LogP contribution in [0.1, 0.15) is 129 Å². The van der Waals surface area contributed by atoms with Gasteiger partial charge in [-0.2, -0.15) is 0 Å². The molecule has 3 saturated heterocycles. The summed E-state index contributed by atoms with van der Waals surface area (Å²) in [4.78, 5) is 14.3. The summed E-state index contributed by atoms with van der Waals surface area (Å²) in [5.41, 5.74) is -4.11. The van der Waals surface area contributed by atoms with E-state index in [1.807, 2.05) is 27.7 Å². The molecular weight excluding hydrogens is 668 g/mol. The van der Waals surface area contributed by atoms with Crippen LogP contribution in [0.2, 0.25) is 0 Å². The van der Waals surface area contributed by atoms with Crippen LogP contribution in [0.4, 0.5) is 0 Å². The summed E-state index contributed by atoms with van der Waals surface area (Å²) < 4.78 is 38.3. The molecule has 0 aromatic heterocycles. The minimum absolute atomic E-state index is 0.00290. The second kappa shape index (κ2) is 17.9. The number of hydrogen-bond donors (Lipinski definition) is 4. The number of ether oxygens (including phenoxy) is 6. The first-order valence-corrected chi connectivity index (χ1v) is 20.1. The molecule has 0 aromatic rings. The summed E-state index contributed by atoms with van der Waals surface area (Å²) in [5.74, 6) is -1.72. The summed E-state index contributed by atoms with van der Waals surface area (Å²) in [6.07, 6.45) is -4.59. The van der Waals surface area contributed by atoms with E-state index in [4.69, 9.17) is 28.4 Å². The molecule has 306 valence electrons. The van der Waals surface area contributed by atoms with Crippen molar-refractivity contribution in [2.75, 3.05) is 7.11 Å². The Morgan fingerprint density at radius 1 is 0.846 bits per heavy atom. The molecule has 19 unspecified atom stereocenters. The number of esters is 1. The normalized spacial score (nSPS) is 50.7. The van der Waals surface area contributed by atoms with Crippen molar-refractivity contribution in [2.45, 2.75) is 201 Å². The van der Waals surface area contributed by atoms with Gasteiger partial charge in [0.2, 0.25) is 0 Å². The Bertz CT molecular complexity index is 1130. The second-order valence-corrected chi connectivity index (χ2v) is 18.3. The maximum absolute atomic E-state index is 14.3. The van der Waals surface area contributed by atoms with Crippen molar-refractivity contribution in [1.29, 1.82) is 0 Å². The molecule has 3 heterocycles. The van der Waals surface area contributed by atoms with E-state index in [0.29, 0.717) is 24.7 Å². The lowest BCUT2D eigenvalue weighted by Crippen LogP contribution is -2.59. The number of cyclic esters (lactones) is 1. The van der Waals surface area contributed by atoms with E-state index in [0.717, 1.165) is 6.42 Å². The van der Waals surface area contributed by atoms with Crippen molar-refractivity contribution in [1.82, 2.24) is 0 Å². The lowest BCUT2D eigenvalue weighted by Gasteiger charge is -2.49. The van der Waals surface area contributed by atoms with E-state index < -0.39 is 83.8 Å². The van der Waals surface area contributed by atoms with E-state index in [2.05, 4.69) is 34.6 Å². The number of aliphatic hydroxyl groups excluding tert-OH is 2. The summed E-state index contributed by atoms with van der Waals surface area (Å²) in [7, 11) is 1.54. The van der Waals surface area contributed by atoms with E-state index in [1.54, 1.807) is 27.7 Å². The summed E-state index contributed by atoms with van der Waals surface area (Å²) in [6, 6.07) is 0. The molecule has 4 N–H and O–H groups in total. The molecule has 19 atom stereocenters. The summed E-state index contributed by atoms with van der Waals surface area (Å²) >= 11 is 0. The van der Waals surface area contributed by atoms with E-state index in [9.17, 15) is 25.2 Å². The van der Waals surface area contributed by atoms with Gasteiger partial charge in [-0.15, -0.1) is 0 Å². The van der Waals surface area contributed by atoms with Gasteiger partial charge in [0.1, 0.15) is 17.8 Å². The van der Waals surface area contributed by atoms with Crippen LogP contribution in [0.5, 0.6) is 0 Å². The van der Waals surface area contributed by atoms with Gasteiger partial charge in [0.05, 0.1) is 47.6 Å². The highest BCUT2D eigenvalue weighted by atomic mass is 16.7. The lowest BCUT2D eigenvalue weighted by atomic mass is 9.73. The third kappa shape index (κ3) is 10.1. The zero-order chi connectivity index (χ0) is 39.7. The summed E-state index contributed by atoms with van der Waals surface area (Å²) in [5, 5.41) is 46.9. The Morgan fingerprint density at radius 3 is 2.02 bits per heavy atom. The minimum Gasteiger partial charge on any atom is -0.459 e. The highest BCUT2D eigenvalue weighted by Gasteiger charge is 2.52. The second-order valence-electron chi connectivity index (χ2n) is 18.3. The SMILES string of the molecule is CCC1OC(=O)C(C)C(OC2CC(C)(OC)C(O)C(C)O2)C(C)C(OC2OC(C)CC(C(C)C)C2C)C(C)(O)CC(C)CC(C)C(C)C(O)C1(C)O. The predicted molar refractivity (Wildman–Crippen MR) is 199 cm³/mol. The van der Waals surface area contributed by atoms with Crippen LogP contribution in [-0.2, 0) is 33.2 Å². The Labute approximate surface area is 314 Å². The van der Waals surface area contributed by atoms with Crippen molar-refractivity contribution in [3.63, 3.8) is 0 Å². The maximum atomic E-state index is 14.3. The van der Waals surface area contributed by atoms with Crippen molar-refractivity contribution in [3.8, 4) is 0 Å². The number of carbonyl (C=O) groups excluding carboxylic acids is 1. The molecule has 0 amide bonds. The third-order valence-corrected chi connectivity index (χ3v) is 13.3. The Hall–Kier alpha value is -0.890. The van der Waals surface area contributed by atoms with Gasteiger partial charge in [0.15, 0.2) is 12.6 Å². The molecule has 3 aliphatic heterocycles. The fourth-order valence-electron chi connectivity index (χ4n) is 9.65. The van der Waals surface area contributed by atoms with Gasteiger partial charge >= 0.3 is 5.97 Å². The van der Waals surface area contributed by atoms with E-state index in [1.165, 1.54) is 14.0 Å². The van der Waals surface area contributed by atoms with Crippen LogP contribution < -0.4 is 0 Å². The van der Waals surface area contributed by atoms with Crippen molar-refractivity contribution in [3.05, 3.63) is 0 Å². The number of methoxy groups -OCH3 is 1. The Kier molecular flexibility index (Phi) is 15.7. The molecule has 11 nitrogen and oxygen atoms in total. The van der Waals surface area contributed by atoms with Crippen molar-refractivity contribution in [2.24, 2.45) is 47.3 Å². The zero-order valence-electron chi connectivity index (χ0n) is 35.0. The maximum Gasteiger partial charge on any atom is 0.311 e. The van der Waals surface area contributed by atoms with Crippen LogP contribution in [0.3, 0.4) is 0 Å². The van der Waals surface area contributed by atoms with Crippen LogP contribution in [0, 0.1) is 47.3 Å². The molecule has 3 aliphatic rings. The summed E-state index contributed by atoms with van der Waals surface area (Å²) in [6.45, 7) is 27.0. The van der Waals surface area contributed by atoms with Crippen LogP contribution in [0.15, 0.2) is 0 Å². The van der Waals surface area contributed by atoms with Crippen molar-refractivity contribution >= 4 is 5.97 Å². The standard InChI is InChI=1S/C41H76O11/c1-16-31-41(14,46)34(42)25(7)23(5)17-22(4)19-39(12,45)36(52-38-26(8)30(21(2)3)18-24(6)48-38)27(9)33(28(10)37(44)50-31)51-32-20-40(13,47-15)35(43)29(11)49-32/h21-36,38,42-43,45-46H,16-20H2,1-15H3. The predicted octanol–water partition coefficient (Wildman–Crippen LogP) is 5.86. The lowest BCUT2D eigenvalue weighted by molar-refractivity contribution is -0.313. The zero-order valence-corrected chi connectivity index (χ0v) is 35.0. The van der Waals surface area contributed by atoms with Gasteiger partial charge in [-0.3, -0.25) is 4.79 Å². The van der Waals surface area contributed by atoms with Crippen LogP contribution >= 0.6 is 0 Å². The highest BCUT2D eigenvalue weighted by Crippen LogP contribution is 2.43. The molecule has 52 heavy (non-hydrogen) atoms. The average molecular weight is 745 g/mol. The smallest absolute Gasteiger partial charge is 0.311 e. The Morgan fingerprint density at radius 2 is 1.46 bits per heavy atom. The fraction of sp³-hybridized carbons (Fsp3) is 0.976. The average Bonchev–Trinajstić information content (AvgIpc) is 3.05. The molecule has 3 fully saturated rings. The largest absolute Gasteiger partial charge is 0.459 e. The van der Waals surface area contributed by atoms with Gasteiger partial charge in [-0.1, -0.05) is 55.4 Å². The molecule has 0 bridgehead atoms. The third-order valence-electron chi connectivity index (χ3n) is 13.3. The first-order valence-electron chi connectivity index (χ1n) is 20.1. The van der Waals surface area contributed by atoms with Gasteiger partial charge in [-0.05, 0) is 96.8 Å². The molecular formula is C41H76O11. The van der Waals surface area contributed by atoms with Gasteiger partial charge in [0, 0.05) is 25.4 Å². The van der Waals surface area contributed by atoms with Crippen LogP contribution in [0.25, 0.3) is 0 Å². The minimum atomic E-state index is -1.73. The van der Waals surface area contributed by atoms with Gasteiger partial charge in [0.25, 0.3) is 0 Å². The molecule has 0 saturated carbocycles. The first kappa shape index (κ1) is 45.5. The van der Waals surface area contributed by atoms with Crippen LogP contribution in [-0.4, -0.2) is 106 Å². The monoisotopic (exact) mass is 745 g/mol. The molecule has 11 heteroatoms. The number of hydrogen-bond acceptors (Lipinski definition) is 11. The van der Waals surface area contributed by atoms with E-state index in [-0.39, 0.29) is 42.6 Å². The molecule has 0 aromatic carbocycles. The van der Waals surface area contributed by atoms with Gasteiger partial charge in [-0.25, -0.2) is 0 Å². The molecule has 0 aliphatic carbocycles. The van der Waals surface area contributed by atoms with Crippen molar-refractivity contribution < 1.29 is 53.6 Å². The number of aliphatic hydroxyl groups is 4. The van der Waals surface area contributed by atoms with E-state index >= 15 is 0 Å². The topological polar surface area (TPSA) is 153 Å².